The molecule has 0 bridgehead atoms. The van der Waals surface area contributed by atoms with E-state index in [9.17, 15) is 19.0 Å². The van der Waals surface area contributed by atoms with Crippen LogP contribution in [0.25, 0.3) is 0 Å². The summed E-state index contributed by atoms with van der Waals surface area (Å²) in [5.74, 6) is 0. The average Bonchev–Trinajstić information content (AvgIpc) is 3.55. The van der Waals surface area contributed by atoms with E-state index in [4.69, 9.17) is 44.0 Å². The van der Waals surface area contributed by atoms with E-state index in [1.54, 1.807) is 32.1 Å². The summed E-state index contributed by atoms with van der Waals surface area (Å²) in [7, 11) is 0. The predicted molar refractivity (Wildman–Crippen MR) is 177 cm³/mol. The van der Waals surface area contributed by atoms with Crippen LogP contribution >= 0.6 is 11.3 Å². The van der Waals surface area contributed by atoms with Gasteiger partial charge in [0.25, 0.3) is 0 Å². The largest absolute Gasteiger partial charge is 0.394 e. The SMILES string of the molecule is CC(C)(CCOCC(O)COCCO)OCC(C)(CF)C(C)(N)OCCC(C)(CF)OCCOCC(O)CCOCCc1cccs1. The first-order valence-electron chi connectivity index (χ1n) is 16.3. The highest BCUT2D eigenvalue weighted by molar-refractivity contribution is 7.09. The summed E-state index contributed by atoms with van der Waals surface area (Å²) < 4.78 is 67.7. The van der Waals surface area contributed by atoms with E-state index in [1.165, 1.54) is 4.88 Å². The molecule has 1 heterocycles. The Balaban J connectivity index is 2.33. The number of aliphatic hydroxyl groups excluding tert-OH is 3. The summed E-state index contributed by atoms with van der Waals surface area (Å²) in [6.07, 6.45) is 0.464. The van der Waals surface area contributed by atoms with Gasteiger partial charge in [0.1, 0.15) is 25.2 Å². The maximum Gasteiger partial charge on any atom is 0.124 e. The van der Waals surface area contributed by atoms with Gasteiger partial charge in [-0.15, -0.1) is 11.3 Å². The summed E-state index contributed by atoms with van der Waals surface area (Å²) in [5.41, 5.74) is 1.97. The molecule has 0 radical (unpaired) electrons. The van der Waals surface area contributed by atoms with Gasteiger partial charge in [-0.05, 0) is 52.0 Å². The Morgan fingerprint density at radius 2 is 1.45 bits per heavy atom. The molecule has 0 saturated heterocycles. The third-order valence-electron chi connectivity index (χ3n) is 7.95. The Bertz CT molecular complexity index is 901. The molecule has 0 fully saturated rings. The third-order valence-corrected chi connectivity index (χ3v) is 8.89. The molecule has 5 atom stereocenters. The van der Waals surface area contributed by atoms with Gasteiger partial charge in [0.15, 0.2) is 0 Å². The van der Waals surface area contributed by atoms with Crippen LogP contribution in [-0.2, 0) is 39.6 Å². The van der Waals surface area contributed by atoms with E-state index in [2.05, 4.69) is 6.07 Å². The predicted octanol–water partition coefficient (Wildman–Crippen LogP) is 3.45. The normalized spacial score (nSPS) is 17.6. The van der Waals surface area contributed by atoms with Crippen molar-refractivity contribution in [2.24, 2.45) is 11.1 Å². The molecule has 0 aromatic carbocycles. The van der Waals surface area contributed by atoms with Crippen molar-refractivity contribution >= 4 is 11.3 Å². The highest BCUT2D eigenvalue weighted by Crippen LogP contribution is 2.34. The molecule has 47 heavy (non-hydrogen) atoms. The number of hydrogen-bond donors (Lipinski definition) is 4. The molecule has 11 nitrogen and oxygen atoms in total. The second-order valence-corrected chi connectivity index (χ2v) is 14.1. The summed E-state index contributed by atoms with van der Waals surface area (Å²) in [6, 6.07) is 4.07. The van der Waals surface area contributed by atoms with Crippen molar-refractivity contribution in [2.75, 3.05) is 92.6 Å². The summed E-state index contributed by atoms with van der Waals surface area (Å²) in [5, 5.41) is 30.7. The minimum absolute atomic E-state index is 0.0244. The number of hydrogen-bond acceptors (Lipinski definition) is 12. The molecule has 0 aliphatic heterocycles. The van der Waals surface area contributed by atoms with E-state index >= 15 is 0 Å². The van der Waals surface area contributed by atoms with Crippen LogP contribution in [0.5, 0.6) is 0 Å². The van der Waals surface area contributed by atoms with Gasteiger partial charge in [-0.2, -0.15) is 0 Å². The van der Waals surface area contributed by atoms with E-state index < -0.39 is 47.9 Å². The second-order valence-electron chi connectivity index (χ2n) is 13.1. The number of aliphatic hydroxyl groups is 3. The zero-order valence-electron chi connectivity index (χ0n) is 29.1. The van der Waals surface area contributed by atoms with Crippen LogP contribution in [0.15, 0.2) is 17.5 Å². The Kier molecular flexibility index (Phi) is 22.1. The Labute approximate surface area is 284 Å². The standard InChI is InChI=1S/C33H61F2NO10S/c1-30(2,10-15-41-22-28(39)23-42-17-12-37)46-26-31(3,24-34)33(5,36)45-16-11-32(4,25-35)44-19-18-43-21-27(38)8-13-40-14-9-29-7-6-20-47-29/h6-7,20,27-28,37-39H,8-19,21-26,36H2,1-5H3. The molecule has 5 N–H and O–H groups in total. The first kappa shape index (κ1) is 44.1. The van der Waals surface area contributed by atoms with Crippen LogP contribution in [0.4, 0.5) is 8.78 Å². The minimum atomic E-state index is -1.43. The number of alkyl halides is 2. The van der Waals surface area contributed by atoms with E-state index in [0.29, 0.717) is 32.7 Å². The lowest BCUT2D eigenvalue weighted by Gasteiger charge is -2.43. The lowest BCUT2D eigenvalue weighted by atomic mass is 9.82. The first-order chi connectivity index (χ1) is 22.2. The van der Waals surface area contributed by atoms with Crippen LogP contribution in [0, 0.1) is 5.41 Å². The Morgan fingerprint density at radius 3 is 2.09 bits per heavy atom. The zero-order chi connectivity index (χ0) is 35.2. The van der Waals surface area contributed by atoms with Crippen molar-refractivity contribution in [1.82, 2.24) is 0 Å². The topological polar surface area (TPSA) is 151 Å². The molecular weight excluding hydrogens is 640 g/mol. The molecule has 278 valence electrons. The lowest BCUT2D eigenvalue weighted by molar-refractivity contribution is -0.178. The molecule has 1 aromatic rings. The minimum Gasteiger partial charge on any atom is -0.394 e. The van der Waals surface area contributed by atoms with Gasteiger partial charge < -0.3 is 54.2 Å². The van der Waals surface area contributed by atoms with Crippen molar-refractivity contribution in [3.05, 3.63) is 22.4 Å². The molecule has 0 aliphatic rings. The van der Waals surface area contributed by atoms with Crippen LogP contribution in [0.3, 0.4) is 0 Å². The van der Waals surface area contributed by atoms with Crippen LogP contribution < -0.4 is 5.73 Å². The van der Waals surface area contributed by atoms with Crippen LogP contribution in [0.1, 0.15) is 58.8 Å². The number of rotatable bonds is 31. The molecule has 0 aliphatic carbocycles. The van der Waals surface area contributed by atoms with E-state index in [-0.39, 0.29) is 65.9 Å². The quantitative estimate of drug-likeness (QED) is 0.0666. The van der Waals surface area contributed by atoms with Crippen molar-refractivity contribution in [3.8, 4) is 0 Å². The second kappa shape index (κ2) is 23.5. The summed E-state index contributed by atoms with van der Waals surface area (Å²) in [4.78, 5) is 1.26. The van der Waals surface area contributed by atoms with Gasteiger partial charge in [0.2, 0.25) is 0 Å². The molecule has 1 aromatic heterocycles. The zero-order valence-corrected chi connectivity index (χ0v) is 29.9. The molecule has 14 heteroatoms. The fraction of sp³-hybridized carbons (Fsp3) is 0.879. The number of halogens is 2. The molecule has 1 rings (SSSR count). The molecule has 0 saturated carbocycles. The Morgan fingerprint density at radius 1 is 0.766 bits per heavy atom. The molecule has 0 amide bonds. The molecule has 5 unspecified atom stereocenters. The summed E-state index contributed by atoms with van der Waals surface area (Å²) in [6.45, 7) is 8.86. The maximum absolute atomic E-state index is 14.4. The van der Waals surface area contributed by atoms with Crippen molar-refractivity contribution in [1.29, 1.82) is 0 Å². The first-order valence-corrected chi connectivity index (χ1v) is 17.2. The van der Waals surface area contributed by atoms with Gasteiger partial charge in [-0.1, -0.05) is 13.0 Å². The fourth-order valence-electron chi connectivity index (χ4n) is 4.04. The van der Waals surface area contributed by atoms with Gasteiger partial charge >= 0.3 is 0 Å². The third kappa shape index (κ3) is 19.2. The van der Waals surface area contributed by atoms with Crippen molar-refractivity contribution in [3.63, 3.8) is 0 Å². The maximum atomic E-state index is 14.4. The van der Waals surface area contributed by atoms with Crippen LogP contribution in [-0.4, -0.2) is 137 Å². The smallest absolute Gasteiger partial charge is 0.124 e. The number of nitrogens with two attached hydrogens (primary N) is 1. The Hall–Kier alpha value is -0.880. The highest BCUT2D eigenvalue weighted by atomic mass is 32.1. The number of thiophene rings is 1. The van der Waals surface area contributed by atoms with E-state index in [1.807, 2.05) is 25.3 Å². The van der Waals surface area contributed by atoms with Gasteiger partial charge in [-0.25, -0.2) is 4.39 Å². The van der Waals surface area contributed by atoms with Crippen LogP contribution in [0.2, 0.25) is 0 Å². The molecule has 0 spiro atoms. The van der Waals surface area contributed by atoms with Gasteiger partial charge in [0.05, 0.1) is 88.8 Å². The fourth-order valence-corrected chi connectivity index (χ4v) is 4.73. The highest BCUT2D eigenvalue weighted by Gasteiger charge is 2.45. The monoisotopic (exact) mass is 701 g/mol. The van der Waals surface area contributed by atoms with Gasteiger partial charge in [0, 0.05) is 30.9 Å². The number of ether oxygens (including phenoxy) is 7. The van der Waals surface area contributed by atoms with E-state index in [0.717, 1.165) is 6.42 Å². The average molecular weight is 702 g/mol. The lowest BCUT2D eigenvalue weighted by Crippen LogP contribution is -2.58. The molecular formula is C33H61F2NO10S. The van der Waals surface area contributed by atoms with Crippen molar-refractivity contribution in [2.45, 2.75) is 89.4 Å². The summed E-state index contributed by atoms with van der Waals surface area (Å²) >= 11 is 1.69. The van der Waals surface area contributed by atoms with Gasteiger partial charge in [-0.3, -0.25) is 4.39 Å². The van der Waals surface area contributed by atoms with Crippen molar-refractivity contribution < 1.29 is 57.3 Å².